The normalized spacial score (nSPS) is 23.8. The van der Waals surface area contributed by atoms with Crippen molar-refractivity contribution < 1.29 is 67.3 Å². The minimum atomic E-state index is -0.432. The zero-order chi connectivity index (χ0) is 73.1. The summed E-state index contributed by atoms with van der Waals surface area (Å²) >= 11 is 0. The Labute approximate surface area is 607 Å². The fourth-order valence-electron chi connectivity index (χ4n) is 19.0. The molecule has 6 aliphatic heterocycles. The first-order valence-corrected chi connectivity index (χ1v) is 36.2. The number of nitrogens with zero attached hydrogens (tertiary/aromatic N) is 8. The van der Waals surface area contributed by atoms with Gasteiger partial charge in [0.25, 0.3) is 0 Å². The molecule has 6 aromatic carbocycles. The molecule has 0 aromatic heterocycles. The molecule has 548 valence electrons. The molecule has 6 aliphatic carbocycles. The van der Waals surface area contributed by atoms with Crippen molar-refractivity contribution in [1.82, 2.24) is 19.6 Å². The third-order valence-corrected chi connectivity index (χ3v) is 24.7. The first-order chi connectivity index (χ1) is 50.2. The van der Waals surface area contributed by atoms with E-state index in [4.69, 9.17) is 68.3 Å². The number of nitrogens with two attached hydrogens (primary N) is 2. The van der Waals surface area contributed by atoms with E-state index < -0.39 is 10.8 Å². The second-order valence-electron chi connectivity index (χ2n) is 30.0. The van der Waals surface area contributed by atoms with Crippen LogP contribution in [0.2, 0.25) is 0 Å². The number of benzene rings is 6. The zero-order valence-corrected chi connectivity index (χ0v) is 61.8. The highest BCUT2D eigenvalue weighted by Crippen LogP contribution is 2.69. The Morgan fingerprint density at radius 1 is 0.423 bits per heavy atom. The van der Waals surface area contributed by atoms with Crippen molar-refractivity contribution in [3.8, 4) is 81.1 Å². The van der Waals surface area contributed by atoms with Crippen LogP contribution in [0.1, 0.15) is 165 Å². The summed E-state index contributed by atoms with van der Waals surface area (Å²) in [6.07, 6.45) is 3.71. The van der Waals surface area contributed by atoms with E-state index in [2.05, 4.69) is 94.0 Å². The smallest absolute Gasteiger partial charge is 0.189 e. The van der Waals surface area contributed by atoms with Gasteiger partial charge in [-0.3, -0.25) is 19.6 Å². The summed E-state index contributed by atoms with van der Waals surface area (Å²) in [6, 6.07) is 13.4. The second kappa shape index (κ2) is 27.1. The van der Waals surface area contributed by atoms with E-state index in [0.29, 0.717) is 146 Å². The molecule has 104 heavy (non-hydrogen) atoms. The van der Waals surface area contributed by atoms with Crippen molar-refractivity contribution in [3.63, 3.8) is 0 Å². The molecule has 24 nitrogen and oxygen atoms in total. The summed E-state index contributed by atoms with van der Waals surface area (Å²) in [5.41, 5.74) is 29.6. The van der Waals surface area contributed by atoms with Gasteiger partial charge in [0.15, 0.2) is 80.7 Å². The highest BCUT2D eigenvalue weighted by Gasteiger charge is 2.58. The van der Waals surface area contributed by atoms with Crippen molar-refractivity contribution in [2.45, 2.75) is 129 Å². The van der Waals surface area contributed by atoms with E-state index in [1.54, 1.807) is 28.4 Å². The minimum absolute atomic E-state index is 0.140. The molecule has 12 aliphatic rings. The van der Waals surface area contributed by atoms with Gasteiger partial charge >= 0.3 is 0 Å². The van der Waals surface area contributed by atoms with Crippen LogP contribution in [-0.4, -0.2) is 175 Å². The average molecular weight is 1420 g/mol. The van der Waals surface area contributed by atoms with Crippen LogP contribution in [0.4, 0.5) is 0 Å². The fraction of sp³-hybridized carbons (Fsp3) is 0.500. The Hall–Kier alpha value is -9.08. The zero-order valence-electron chi connectivity index (χ0n) is 61.8. The molecule has 6 aromatic rings. The number of ether oxygens (including phenoxy) is 12. The number of fused-ring (bicyclic) bond motifs is 6. The number of methoxy groups -OCH3 is 4. The van der Waals surface area contributed by atoms with Crippen LogP contribution in [0.5, 0.6) is 69.0 Å². The maximum absolute atomic E-state index is 10.3. The van der Waals surface area contributed by atoms with Crippen molar-refractivity contribution in [1.29, 1.82) is 10.5 Å². The van der Waals surface area contributed by atoms with Crippen molar-refractivity contribution in [2.75, 3.05) is 134 Å². The van der Waals surface area contributed by atoms with Gasteiger partial charge in [0.2, 0.25) is 0 Å². The molecule has 18 rings (SSSR count). The van der Waals surface area contributed by atoms with Gasteiger partial charge in [-0.25, -0.2) is 0 Å². The predicted octanol–water partition coefficient (Wildman–Crippen LogP) is 11.1. The highest BCUT2D eigenvalue weighted by atomic mass is 16.6. The molecule has 6 N–H and O–H groups in total. The first kappa shape index (κ1) is 70.6. The lowest BCUT2D eigenvalue weighted by molar-refractivity contribution is 0.0331. The molecular formula is C80H94N10O14. The van der Waals surface area contributed by atoms with E-state index in [1.165, 1.54) is 44.5 Å². The monoisotopic (exact) mass is 1420 g/mol. The summed E-state index contributed by atoms with van der Waals surface area (Å²) < 4.78 is 75.0. The molecule has 0 spiro atoms. The lowest BCUT2D eigenvalue weighted by Crippen LogP contribution is -2.49. The number of rotatable bonds is 14. The standard InChI is InChI=1S/C40H50N6O8.C40H44N4O6/c1-21-22(2)30(38(42)44-48)36-35(29(21)37(41)43-47)53-28-18-26-32(24(34(28)54-36)20-46-11-15-52-16-12-46)39(3)7-8-40(26,4)31-23(19-45-9-13-51-14-10-45)33(50-6)27(49-5)17-25(31)39;1-23-24(2)26(20-42)38-37(25(23)19-41)49-32-18-30-34(28(36(32)50-38)22-44-11-15-48-16-12-44)39(3)7-8-40(30,4)33-27(21-43-9-13-47-14-10-43)35(46-6)31(45-5)17-29(33)39/h17-18,47-48H,7-16,19-20H2,1-6H3,(H2,41,43)(H2,42,44);17-18H,7-16,21-22H2,1-6H3. The largest absolute Gasteiger partial charge is 0.493 e. The van der Waals surface area contributed by atoms with Gasteiger partial charge in [0.05, 0.1) is 92.4 Å². The van der Waals surface area contributed by atoms with E-state index in [-0.39, 0.29) is 34.0 Å². The Morgan fingerprint density at radius 3 is 1.03 bits per heavy atom. The molecule has 24 heteroatoms. The third kappa shape index (κ3) is 10.9. The van der Waals surface area contributed by atoms with Crippen LogP contribution in [0, 0.1) is 50.4 Å². The Balaban J connectivity index is 0.000000168. The second-order valence-corrected chi connectivity index (χ2v) is 30.0. The lowest BCUT2D eigenvalue weighted by atomic mass is 9.48. The van der Waals surface area contributed by atoms with Crippen molar-refractivity contribution in [2.24, 2.45) is 21.8 Å². The maximum Gasteiger partial charge on any atom is 0.189 e. The van der Waals surface area contributed by atoms with Crippen LogP contribution >= 0.6 is 0 Å². The van der Waals surface area contributed by atoms with Crippen molar-refractivity contribution in [3.05, 3.63) is 136 Å². The van der Waals surface area contributed by atoms with E-state index >= 15 is 0 Å². The quantitative estimate of drug-likeness (QED) is 0.0340. The third-order valence-electron chi connectivity index (χ3n) is 24.7. The molecule has 4 unspecified atom stereocenters. The molecule has 4 saturated heterocycles. The van der Waals surface area contributed by atoms with Gasteiger partial charge in [-0.15, -0.1) is 0 Å². The summed E-state index contributed by atoms with van der Waals surface area (Å²) in [6.45, 7) is 31.3. The van der Waals surface area contributed by atoms with Gasteiger partial charge in [-0.2, -0.15) is 10.5 Å². The molecule has 4 atom stereocenters. The summed E-state index contributed by atoms with van der Waals surface area (Å²) in [5.74, 6) is 6.09. The lowest BCUT2D eigenvalue weighted by Gasteiger charge is -2.55. The molecule has 0 radical (unpaired) electrons. The number of amidine groups is 2. The molecule has 6 heterocycles. The fourth-order valence-corrected chi connectivity index (χ4v) is 19.0. The topological polar surface area (TPSA) is 289 Å². The summed E-state index contributed by atoms with van der Waals surface area (Å²) in [4.78, 5) is 9.68. The van der Waals surface area contributed by atoms with Gasteiger partial charge in [0, 0.05) is 122 Å². The number of morpholine rings is 4. The van der Waals surface area contributed by atoms with Gasteiger partial charge in [0.1, 0.15) is 23.3 Å². The van der Waals surface area contributed by atoms with E-state index in [0.717, 1.165) is 135 Å². The molecule has 4 bridgehead atoms. The Morgan fingerprint density at radius 2 is 0.712 bits per heavy atom. The Bertz CT molecular complexity index is 4660. The number of hydrogen-bond donors (Lipinski definition) is 4. The van der Waals surface area contributed by atoms with Gasteiger partial charge < -0.3 is 78.7 Å². The SMILES string of the molecule is COc1cc2c(c(CN3CCOCC3)c1OC)C1(C)CCC2(C)c2c1cc1c(c2CN2CCOCC2)Oc2c(C#N)c(C)c(C)c(C#N)c2O1.COc1cc2c(c(CN3CCOCC3)c1OC)C1(C)CCC2(C)c2c1cc1c(c2CN2CCOCC2)Oc2c(c(/C(N)=N/O)c(C)c(C)c2/C(N)=N/O)O1. The highest BCUT2D eigenvalue weighted by molar-refractivity contribution is 6.08. The number of nitriles is 2. The summed E-state index contributed by atoms with van der Waals surface area (Å²) in [7, 11) is 6.88. The Kier molecular flexibility index (Phi) is 18.4. The van der Waals surface area contributed by atoms with E-state index in [9.17, 15) is 20.9 Å². The average Bonchev–Trinajstić information content (AvgIpc) is 0.674. The van der Waals surface area contributed by atoms with Gasteiger partial charge in [-0.1, -0.05) is 38.0 Å². The van der Waals surface area contributed by atoms with Crippen molar-refractivity contribution >= 4 is 11.7 Å². The molecule has 0 saturated carbocycles. The van der Waals surface area contributed by atoms with Crippen LogP contribution in [0.3, 0.4) is 0 Å². The van der Waals surface area contributed by atoms with Crippen LogP contribution in [0.25, 0.3) is 0 Å². The van der Waals surface area contributed by atoms with Crippen LogP contribution in [0.15, 0.2) is 34.6 Å². The van der Waals surface area contributed by atoms with Crippen LogP contribution in [-0.2, 0) is 66.8 Å². The minimum Gasteiger partial charge on any atom is -0.493 e. The maximum atomic E-state index is 10.3. The summed E-state index contributed by atoms with van der Waals surface area (Å²) in [5, 5.41) is 47.1. The molecule has 4 fully saturated rings. The first-order valence-electron chi connectivity index (χ1n) is 36.2. The van der Waals surface area contributed by atoms with Gasteiger partial charge in [-0.05, 0) is 144 Å². The number of oxime groups is 2. The molecular weight excluding hydrogens is 1320 g/mol. The van der Waals surface area contributed by atoms with Crippen LogP contribution < -0.4 is 49.4 Å². The number of hydrogen-bond acceptors (Lipinski definition) is 22. The molecule has 0 amide bonds. The van der Waals surface area contributed by atoms with E-state index in [1.807, 2.05) is 27.7 Å². The predicted molar refractivity (Wildman–Crippen MR) is 387 cm³/mol.